The highest BCUT2D eigenvalue weighted by Crippen LogP contribution is 2.47. The molecule has 7 heteroatoms. The molecule has 3 aromatic rings. The summed E-state index contributed by atoms with van der Waals surface area (Å²) in [6, 6.07) is 22.5. The second kappa shape index (κ2) is 7.00. The summed E-state index contributed by atoms with van der Waals surface area (Å²) < 4.78 is 7.01. The number of nitro benzene ring substituents is 1. The van der Waals surface area contributed by atoms with E-state index in [2.05, 4.69) is 22.0 Å². The monoisotopic (exact) mass is 449 g/mol. The Balaban J connectivity index is 1.66. The number of para-hydroxylation sites is 1. The van der Waals surface area contributed by atoms with Gasteiger partial charge in [-0.05, 0) is 30.3 Å². The molecule has 3 aromatic carbocycles. The van der Waals surface area contributed by atoms with Gasteiger partial charge < -0.3 is 4.74 Å². The van der Waals surface area contributed by atoms with Crippen LogP contribution in [0.15, 0.2) is 82.4 Å². The first-order chi connectivity index (χ1) is 14.1. The average molecular weight is 450 g/mol. The number of rotatable bonds is 3. The minimum atomic E-state index is -0.380. The molecule has 2 aliphatic heterocycles. The fourth-order valence-corrected chi connectivity index (χ4v) is 4.38. The molecule has 2 heterocycles. The Kier molecular flexibility index (Phi) is 4.32. The highest BCUT2D eigenvalue weighted by Gasteiger charge is 2.44. The van der Waals surface area contributed by atoms with Crippen LogP contribution < -0.4 is 9.75 Å². The molecule has 0 amide bonds. The van der Waals surface area contributed by atoms with E-state index >= 15 is 0 Å². The molecule has 2 aliphatic rings. The lowest BCUT2D eigenvalue weighted by atomic mass is 9.85. The standard InChI is InChI=1S/C22H16BrN3O3/c23-15-9-10-20-18(12-15)22-19(13-29-20)21(14-5-4-8-17(11-14)26(27)28)24-25(22)16-6-2-1-3-7-16/h1-12,19,22H,13H2. The third-order valence-electron chi connectivity index (χ3n) is 5.29. The average Bonchev–Trinajstić information content (AvgIpc) is 3.14. The van der Waals surface area contributed by atoms with Crippen molar-refractivity contribution in [3.8, 4) is 5.75 Å². The molecule has 0 saturated carbocycles. The quantitative estimate of drug-likeness (QED) is 0.400. The van der Waals surface area contributed by atoms with Crippen molar-refractivity contribution in [2.24, 2.45) is 11.0 Å². The van der Waals surface area contributed by atoms with Gasteiger partial charge in [-0.15, -0.1) is 0 Å². The lowest BCUT2D eigenvalue weighted by Gasteiger charge is -2.33. The summed E-state index contributed by atoms with van der Waals surface area (Å²) in [4.78, 5) is 10.9. The van der Waals surface area contributed by atoms with E-state index in [9.17, 15) is 10.1 Å². The number of fused-ring (bicyclic) bond motifs is 3. The van der Waals surface area contributed by atoms with Crippen LogP contribution >= 0.6 is 15.9 Å². The van der Waals surface area contributed by atoms with Crippen LogP contribution in [-0.4, -0.2) is 17.2 Å². The van der Waals surface area contributed by atoms with Crippen molar-refractivity contribution >= 4 is 33.0 Å². The Morgan fingerprint density at radius 1 is 1.07 bits per heavy atom. The van der Waals surface area contributed by atoms with E-state index in [-0.39, 0.29) is 22.6 Å². The minimum absolute atomic E-state index is 0.0426. The second-order valence-electron chi connectivity index (χ2n) is 7.02. The van der Waals surface area contributed by atoms with Gasteiger partial charge in [0.25, 0.3) is 5.69 Å². The number of nitrogens with zero attached hydrogens (tertiary/aromatic N) is 3. The van der Waals surface area contributed by atoms with Crippen molar-refractivity contribution in [2.75, 3.05) is 11.6 Å². The number of non-ortho nitro benzene ring substituents is 1. The minimum Gasteiger partial charge on any atom is -0.492 e. The predicted octanol–water partition coefficient (Wildman–Crippen LogP) is 5.33. The summed E-state index contributed by atoms with van der Waals surface area (Å²) in [5.74, 6) is 0.796. The van der Waals surface area contributed by atoms with Gasteiger partial charge in [-0.3, -0.25) is 15.1 Å². The van der Waals surface area contributed by atoms with Gasteiger partial charge in [0, 0.05) is 27.7 Å². The lowest BCUT2D eigenvalue weighted by Crippen LogP contribution is -2.34. The van der Waals surface area contributed by atoms with Crippen LogP contribution in [0, 0.1) is 16.0 Å². The van der Waals surface area contributed by atoms with E-state index in [1.165, 1.54) is 6.07 Å². The molecule has 0 spiro atoms. The maximum absolute atomic E-state index is 11.3. The van der Waals surface area contributed by atoms with Gasteiger partial charge in [0.2, 0.25) is 0 Å². The Labute approximate surface area is 175 Å². The van der Waals surface area contributed by atoms with Crippen molar-refractivity contribution in [1.29, 1.82) is 0 Å². The molecule has 0 bridgehead atoms. The van der Waals surface area contributed by atoms with E-state index in [0.717, 1.165) is 32.7 Å². The molecule has 0 saturated heterocycles. The van der Waals surface area contributed by atoms with Crippen LogP contribution in [0.3, 0.4) is 0 Å². The number of hydrogen-bond acceptors (Lipinski definition) is 5. The van der Waals surface area contributed by atoms with Crippen LogP contribution in [-0.2, 0) is 0 Å². The summed E-state index contributed by atoms with van der Waals surface area (Å²) in [6.07, 6.45) is 0. The van der Waals surface area contributed by atoms with Crippen molar-refractivity contribution in [2.45, 2.75) is 6.04 Å². The number of hydrogen-bond donors (Lipinski definition) is 0. The van der Waals surface area contributed by atoms with Crippen molar-refractivity contribution < 1.29 is 9.66 Å². The molecule has 5 rings (SSSR count). The number of hydrazone groups is 1. The Morgan fingerprint density at radius 3 is 2.69 bits per heavy atom. The van der Waals surface area contributed by atoms with Gasteiger partial charge in [0.05, 0.1) is 34.9 Å². The van der Waals surface area contributed by atoms with E-state index in [1.54, 1.807) is 12.1 Å². The van der Waals surface area contributed by atoms with Crippen LogP contribution in [0.5, 0.6) is 5.75 Å². The third kappa shape index (κ3) is 3.07. The van der Waals surface area contributed by atoms with E-state index in [4.69, 9.17) is 9.84 Å². The molecule has 0 aliphatic carbocycles. The normalized spacial score (nSPS) is 19.8. The van der Waals surface area contributed by atoms with Crippen molar-refractivity contribution in [3.05, 3.63) is 98.5 Å². The highest BCUT2D eigenvalue weighted by molar-refractivity contribution is 9.10. The van der Waals surface area contributed by atoms with E-state index in [1.807, 2.05) is 53.5 Å². The van der Waals surface area contributed by atoms with Gasteiger partial charge in [-0.25, -0.2) is 0 Å². The van der Waals surface area contributed by atoms with Crippen molar-refractivity contribution in [3.63, 3.8) is 0 Å². The number of halogens is 1. The zero-order valence-corrected chi connectivity index (χ0v) is 16.8. The van der Waals surface area contributed by atoms with Gasteiger partial charge in [0.15, 0.2) is 0 Å². The molecular formula is C22H16BrN3O3. The molecule has 0 radical (unpaired) electrons. The van der Waals surface area contributed by atoms with Gasteiger partial charge in [-0.1, -0.05) is 46.3 Å². The smallest absolute Gasteiger partial charge is 0.270 e. The largest absolute Gasteiger partial charge is 0.492 e. The Bertz CT molecular complexity index is 1130. The zero-order chi connectivity index (χ0) is 20.0. The van der Waals surface area contributed by atoms with Gasteiger partial charge >= 0.3 is 0 Å². The fourth-order valence-electron chi connectivity index (χ4n) is 4.00. The Morgan fingerprint density at radius 2 is 1.90 bits per heavy atom. The highest BCUT2D eigenvalue weighted by atomic mass is 79.9. The Hall–Kier alpha value is -3.19. The summed E-state index contributed by atoms with van der Waals surface area (Å²) in [5.41, 5.74) is 3.61. The predicted molar refractivity (Wildman–Crippen MR) is 114 cm³/mol. The molecule has 144 valence electrons. The first kappa shape index (κ1) is 17.9. The number of nitro groups is 1. The molecule has 0 N–H and O–H groups in total. The number of ether oxygens (including phenoxy) is 1. The van der Waals surface area contributed by atoms with Crippen LogP contribution in [0.25, 0.3) is 0 Å². The summed E-state index contributed by atoms with van der Waals surface area (Å²) in [7, 11) is 0. The van der Waals surface area contributed by atoms with Gasteiger partial charge in [0.1, 0.15) is 5.75 Å². The van der Waals surface area contributed by atoms with Gasteiger partial charge in [-0.2, -0.15) is 5.10 Å². The number of anilines is 1. The van der Waals surface area contributed by atoms with Crippen LogP contribution in [0.1, 0.15) is 17.2 Å². The molecule has 29 heavy (non-hydrogen) atoms. The summed E-state index contributed by atoms with van der Waals surface area (Å²) in [5, 5.41) is 18.2. The lowest BCUT2D eigenvalue weighted by molar-refractivity contribution is -0.384. The second-order valence-corrected chi connectivity index (χ2v) is 7.93. The summed E-state index contributed by atoms with van der Waals surface area (Å²) in [6.45, 7) is 0.462. The van der Waals surface area contributed by atoms with Crippen LogP contribution in [0.4, 0.5) is 11.4 Å². The maximum Gasteiger partial charge on any atom is 0.270 e. The topological polar surface area (TPSA) is 68.0 Å². The number of benzene rings is 3. The molecule has 0 aromatic heterocycles. The first-order valence-electron chi connectivity index (χ1n) is 9.21. The molecule has 2 atom stereocenters. The fraction of sp³-hybridized carbons (Fsp3) is 0.136. The van der Waals surface area contributed by atoms with Crippen molar-refractivity contribution in [1.82, 2.24) is 0 Å². The third-order valence-corrected chi connectivity index (χ3v) is 5.79. The molecular weight excluding hydrogens is 434 g/mol. The molecule has 6 nitrogen and oxygen atoms in total. The first-order valence-corrected chi connectivity index (χ1v) is 10.0. The maximum atomic E-state index is 11.3. The molecule has 0 fully saturated rings. The SMILES string of the molecule is O=[N+]([O-])c1cccc(C2=NN(c3ccccc3)C3c4cc(Br)ccc4OCC23)c1. The zero-order valence-electron chi connectivity index (χ0n) is 15.2. The van der Waals surface area contributed by atoms with E-state index < -0.39 is 0 Å². The van der Waals surface area contributed by atoms with Crippen LogP contribution in [0.2, 0.25) is 0 Å². The van der Waals surface area contributed by atoms with E-state index in [0.29, 0.717) is 6.61 Å². The summed E-state index contributed by atoms with van der Waals surface area (Å²) >= 11 is 3.56. The molecule has 2 unspecified atom stereocenters.